The smallest absolute Gasteiger partial charge is 0.233 e. The molecule has 0 atom stereocenters. The molecule has 0 aliphatic rings. The van der Waals surface area contributed by atoms with E-state index < -0.39 is 30.0 Å². The molecule has 0 amide bonds. The fraction of sp³-hybridized carbons (Fsp3) is 0.412. The fourth-order valence-electron chi connectivity index (χ4n) is 5.71. The molecule has 304 valence electrons. The summed E-state index contributed by atoms with van der Waals surface area (Å²) in [5, 5.41) is 11.9. The van der Waals surface area contributed by atoms with Gasteiger partial charge in [-0.3, -0.25) is 0 Å². The van der Waals surface area contributed by atoms with Gasteiger partial charge in [0, 0.05) is 37.3 Å². The van der Waals surface area contributed by atoms with E-state index in [1.807, 2.05) is 0 Å². The summed E-state index contributed by atoms with van der Waals surface area (Å²) >= 11 is 0. The summed E-state index contributed by atoms with van der Waals surface area (Å²) in [6.07, 6.45) is 4.14. The van der Waals surface area contributed by atoms with Crippen molar-refractivity contribution < 1.29 is 35.7 Å². The molecule has 0 unspecified atom stereocenters. The van der Waals surface area contributed by atoms with Crippen LogP contribution in [0.5, 0.6) is 0 Å². The van der Waals surface area contributed by atoms with Crippen molar-refractivity contribution in [3.05, 3.63) is 47.5 Å². The SMILES string of the molecule is CC[NH+](CC)CCCNc1nc(N)nc(Nc2ccc(/C=C/c3ccc(Nc4nc(N)nc(NCCC[NH+](CC)CC)n4)cc3S(=O)(=O)[O-])c(S(=O)(=O)[O-])c2)n1. The molecule has 22 heteroatoms. The number of benzene rings is 2. The minimum atomic E-state index is -5.06. The number of hydrogen-bond donors (Lipinski definition) is 8. The molecule has 0 aliphatic heterocycles. The largest absolute Gasteiger partial charge is 0.744 e. The van der Waals surface area contributed by atoms with Gasteiger partial charge in [0.2, 0.25) is 35.7 Å². The maximum absolute atomic E-state index is 12.4. The lowest BCUT2D eigenvalue weighted by Gasteiger charge is -2.16. The Balaban J connectivity index is 1.52. The van der Waals surface area contributed by atoms with Gasteiger partial charge in [-0.25, -0.2) is 16.8 Å². The topological polar surface area (TPSA) is 301 Å². The molecule has 56 heavy (non-hydrogen) atoms. The van der Waals surface area contributed by atoms with Crippen molar-refractivity contribution >= 4 is 79.5 Å². The van der Waals surface area contributed by atoms with E-state index in [9.17, 15) is 25.9 Å². The minimum Gasteiger partial charge on any atom is -0.744 e. The van der Waals surface area contributed by atoms with Gasteiger partial charge in [-0.05, 0) is 63.1 Å². The third-order valence-corrected chi connectivity index (χ3v) is 10.6. The summed E-state index contributed by atoms with van der Waals surface area (Å²) in [7, 11) is -10.1. The van der Waals surface area contributed by atoms with Crippen LogP contribution in [-0.4, -0.2) is 108 Å². The lowest BCUT2D eigenvalue weighted by atomic mass is 10.1. The van der Waals surface area contributed by atoms with Crippen LogP contribution in [0.15, 0.2) is 46.2 Å². The Hall–Kier alpha value is -5.26. The van der Waals surface area contributed by atoms with Crippen LogP contribution in [0.1, 0.15) is 51.7 Å². The van der Waals surface area contributed by atoms with E-state index in [4.69, 9.17) is 11.5 Å². The average Bonchev–Trinajstić information content (AvgIpc) is 3.13. The van der Waals surface area contributed by atoms with Crippen molar-refractivity contribution in [1.29, 1.82) is 0 Å². The number of rotatable bonds is 22. The Bertz CT molecular complexity index is 2030. The highest BCUT2D eigenvalue weighted by Crippen LogP contribution is 2.28. The fourth-order valence-corrected chi connectivity index (χ4v) is 7.10. The molecule has 0 saturated carbocycles. The molecule has 2 heterocycles. The Labute approximate surface area is 327 Å². The second kappa shape index (κ2) is 20.1. The van der Waals surface area contributed by atoms with Gasteiger partial charge in [0.15, 0.2) is 0 Å². The zero-order chi connectivity index (χ0) is 40.9. The maximum atomic E-state index is 12.4. The van der Waals surface area contributed by atoms with Crippen LogP contribution in [0.2, 0.25) is 0 Å². The number of anilines is 8. The first-order valence-corrected chi connectivity index (χ1v) is 21.0. The number of nitrogens with one attached hydrogen (secondary N) is 6. The van der Waals surface area contributed by atoms with E-state index in [1.54, 1.807) is 0 Å². The lowest BCUT2D eigenvalue weighted by molar-refractivity contribution is -0.896. The number of aromatic nitrogens is 6. The first-order chi connectivity index (χ1) is 26.6. The normalized spacial score (nSPS) is 12.1. The molecule has 0 fully saturated rings. The van der Waals surface area contributed by atoms with Gasteiger partial charge in [-0.15, -0.1) is 0 Å². The molecule has 2 aromatic carbocycles. The van der Waals surface area contributed by atoms with E-state index in [2.05, 4.69) is 78.9 Å². The van der Waals surface area contributed by atoms with E-state index in [0.29, 0.717) is 13.1 Å². The Kier molecular flexibility index (Phi) is 15.6. The number of quaternary nitrogens is 2. The first kappa shape index (κ1) is 43.5. The summed E-state index contributed by atoms with van der Waals surface area (Å²) in [6.45, 7) is 15.7. The van der Waals surface area contributed by atoms with Crippen molar-refractivity contribution in [3.8, 4) is 0 Å². The molecule has 20 nitrogen and oxygen atoms in total. The average molecular weight is 815 g/mol. The van der Waals surface area contributed by atoms with E-state index in [-0.39, 0.29) is 58.2 Å². The van der Waals surface area contributed by atoms with Crippen molar-refractivity contribution in [1.82, 2.24) is 29.9 Å². The van der Waals surface area contributed by atoms with E-state index >= 15 is 0 Å². The predicted octanol–water partition coefficient (Wildman–Crippen LogP) is 0.140. The number of nitrogens with zero attached hydrogens (tertiary/aromatic N) is 6. The zero-order valence-electron chi connectivity index (χ0n) is 31.8. The van der Waals surface area contributed by atoms with Gasteiger partial charge >= 0.3 is 0 Å². The molecule has 0 bridgehead atoms. The van der Waals surface area contributed by atoms with Gasteiger partial charge in [-0.2, -0.15) is 29.9 Å². The van der Waals surface area contributed by atoms with Crippen LogP contribution in [0.3, 0.4) is 0 Å². The van der Waals surface area contributed by atoms with Crippen LogP contribution < -0.4 is 42.5 Å². The molecule has 4 aromatic rings. The summed E-state index contributed by atoms with van der Waals surface area (Å²) in [6, 6.07) is 7.73. The molecule has 0 saturated heterocycles. The third kappa shape index (κ3) is 13.2. The van der Waals surface area contributed by atoms with Crippen LogP contribution in [0.25, 0.3) is 12.2 Å². The highest BCUT2D eigenvalue weighted by Gasteiger charge is 2.14. The Morgan fingerprint density at radius 3 is 1.29 bits per heavy atom. The standard InChI is InChI=1S/C34H50N14O6S2/c1-5-47(6-2)19-9-17-37-31-41-29(35)43-33(45-31)39-25-15-13-23(27(21-25)55(49,50)51)11-12-24-14-16-26(22-28(24)56(52,53)54)40-34-44-30(36)42-32(46-34)38-18-10-20-48(7-3)8-4/h11-16,21-22H,5-10,17-20H2,1-4H3,(H,49,50,51)(H,52,53,54)(H4,35,37,39,41,43,45)(H4,36,38,40,42,44,46)/b12-11+. The second-order valence-electron chi connectivity index (χ2n) is 12.7. The van der Waals surface area contributed by atoms with Crippen molar-refractivity contribution in [2.24, 2.45) is 0 Å². The molecule has 2 aromatic heterocycles. The summed E-state index contributed by atoms with van der Waals surface area (Å²) in [5.74, 6) is 0.269. The molecular weight excluding hydrogens is 765 g/mol. The van der Waals surface area contributed by atoms with Gasteiger partial charge in [0.1, 0.15) is 20.2 Å². The van der Waals surface area contributed by atoms with Crippen molar-refractivity contribution in [2.75, 3.05) is 85.1 Å². The number of nitrogens with two attached hydrogens (primary N) is 2. The molecule has 0 spiro atoms. The first-order valence-electron chi connectivity index (χ1n) is 18.2. The minimum absolute atomic E-state index is 0.00457. The van der Waals surface area contributed by atoms with Crippen LogP contribution >= 0.6 is 0 Å². The van der Waals surface area contributed by atoms with E-state index in [1.165, 1.54) is 46.2 Å². The molecule has 4 rings (SSSR count). The molecule has 0 radical (unpaired) electrons. The summed E-state index contributed by atoms with van der Waals surface area (Å²) in [4.78, 5) is 26.5. The zero-order valence-corrected chi connectivity index (χ0v) is 33.4. The third-order valence-electron chi connectivity index (χ3n) is 8.81. The van der Waals surface area contributed by atoms with Crippen molar-refractivity contribution in [3.63, 3.8) is 0 Å². The summed E-state index contributed by atoms with van der Waals surface area (Å²) in [5.41, 5.74) is 11.9. The highest BCUT2D eigenvalue weighted by molar-refractivity contribution is 7.86. The maximum Gasteiger partial charge on any atom is 0.233 e. The second-order valence-corrected chi connectivity index (χ2v) is 15.3. The van der Waals surface area contributed by atoms with Gasteiger partial charge < -0.3 is 51.6 Å². The van der Waals surface area contributed by atoms with Gasteiger partial charge in [0.05, 0.1) is 49.1 Å². The predicted molar refractivity (Wildman–Crippen MR) is 213 cm³/mol. The van der Waals surface area contributed by atoms with Crippen molar-refractivity contribution in [2.45, 2.75) is 50.3 Å². The van der Waals surface area contributed by atoms with Crippen LogP contribution in [0.4, 0.5) is 47.1 Å². The lowest BCUT2D eigenvalue weighted by Crippen LogP contribution is -3.11. The monoisotopic (exact) mass is 814 g/mol. The molecule has 10 N–H and O–H groups in total. The Morgan fingerprint density at radius 2 is 0.946 bits per heavy atom. The summed E-state index contributed by atoms with van der Waals surface area (Å²) < 4.78 is 74.2. The van der Waals surface area contributed by atoms with Gasteiger partial charge in [-0.1, -0.05) is 24.3 Å². The molecule has 0 aliphatic carbocycles. The number of hydrogen-bond acceptors (Lipinski definition) is 18. The number of nitrogen functional groups attached to an aromatic ring is 2. The quantitative estimate of drug-likeness (QED) is 0.0297. The van der Waals surface area contributed by atoms with Crippen LogP contribution in [-0.2, 0) is 20.2 Å². The highest BCUT2D eigenvalue weighted by atomic mass is 32.2. The Morgan fingerprint density at radius 1 is 0.589 bits per heavy atom. The van der Waals surface area contributed by atoms with Gasteiger partial charge in [0.25, 0.3) is 0 Å². The van der Waals surface area contributed by atoms with E-state index in [0.717, 1.165) is 64.2 Å². The van der Waals surface area contributed by atoms with Crippen LogP contribution in [0, 0.1) is 0 Å². The molecular formula is C34H50N14O6S2.